The topological polar surface area (TPSA) is 44.1 Å². The number of carbonyl (C=O) groups excluding carboxylic acids is 1. The van der Waals surface area contributed by atoms with Crippen LogP contribution in [0.15, 0.2) is 16.6 Å². The third-order valence-corrected chi connectivity index (χ3v) is 3.35. The molecular weight excluding hydrogens is 272 g/mol. The number of ether oxygens (including phenoxy) is 1. The fraction of sp³-hybridized carbons (Fsp3) is 0.455. The van der Waals surface area contributed by atoms with Crippen molar-refractivity contribution < 1.29 is 9.53 Å². The summed E-state index contributed by atoms with van der Waals surface area (Å²) in [6, 6.07) is 0. The smallest absolute Gasteiger partial charge is 0.335 e. The lowest BCUT2D eigenvalue weighted by Gasteiger charge is -2.07. The SMILES string of the molecule is C=C(Cn1nc(C)c(Br)c1C)C(=O)OCC. The molecule has 0 bridgehead atoms. The second-order valence-electron chi connectivity index (χ2n) is 3.47. The van der Waals surface area contributed by atoms with Crippen LogP contribution in [0.1, 0.15) is 18.3 Å². The molecule has 1 heterocycles. The van der Waals surface area contributed by atoms with Crippen molar-refractivity contribution in [2.24, 2.45) is 0 Å². The van der Waals surface area contributed by atoms with Crippen LogP contribution in [0.2, 0.25) is 0 Å². The van der Waals surface area contributed by atoms with Crippen molar-refractivity contribution in [3.8, 4) is 0 Å². The van der Waals surface area contributed by atoms with Gasteiger partial charge in [0.2, 0.25) is 0 Å². The van der Waals surface area contributed by atoms with E-state index in [0.29, 0.717) is 18.7 Å². The van der Waals surface area contributed by atoms with Crippen molar-refractivity contribution in [3.63, 3.8) is 0 Å². The van der Waals surface area contributed by atoms with E-state index in [4.69, 9.17) is 4.74 Å². The summed E-state index contributed by atoms with van der Waals surface area (Å²) in [5, 5.41) is 4.29. The molecule has 0 N–H and O–H groups in total. The van der Waals surface area contributed by atoms with Crippen LogP contribution in [0.5, 0.6) is 0 Å². The summed E-state index contributed by atoms with van der Waals surface area (Å²) in [5.74, 6) is -0.369. The van der Waals surface area contributed by atoms with Crippen LogP contribution < -0.4 is 0 Å². The van der Waals surface area contributed by atoms with Crippen LogP contribution in [0.4, 0.5) is 0 Å². The van der Waals surface area contributed by atoms with Gasteiger partial charge in [0.25, 0.3) is 0 Å². The molecule has 0 radical (unpaired) electrons. The Bertz CT molecular complexity index is 424. The molecule has 4 nitrogen and oxygen atoms in total. The Morgan fingerprint density at radius 3 is 2.62 bits per heavy atom. The molecule has 0 atom stereocenters. The second kappa shape index (κ2) is 5.30. The van der Waals surface area contributed by atoms with E-state index < -0.39 is 0 Å². The maximum Gasteiger partial charge on any atom is 0.335 e. The molecule has 1 aromatic rings. The standard InChI is InChI=1S/C11H15BrN2O2/c1-5-16-11(15)7(2)6-14-9(4)10(12)8(3)13-14/h2,5-6H2,1,3-4H3. The molecule has 1 rings (SSSR count). The molecule has 5 heteroatoms. The Morgan fingerprint density at radius 1 is 1.56 bits per heavy atom. The fourth-order valence-electron chi connectivity index (χ4n) is 1.31. The van der Waals surface area contributed by atoms with E-state index in [0.717, 1.165) is 15.9 Å². The van der Waals surface area contributed by atoms with Crippen molar-refractivity contribution in [3.05, 3.63) is 28.0 Å². The molecule has 0 saturated carbocycles. The lowest BCUT2D eigenvalue weighted by molar-refractivity contribution is -0.138. The normalized spacial score (nSPS) is 10.2. The Labute approximate surface area is 103 Å². The van der Waals surface area contributed by atoms with Gasteiger partial charge in [-0.05, 0) is 36.7 Å². The summed E-state index contributed by atoms with van der Waals surface area (Å²) in [4.78, 5) is 11.4. The van der Waals surface area contributed by atoms with Gasteiger partial charge in [0.05, 0.1) is 34.6 Å². The van der Waals surface area contributed by atoms with E-state index in [9.17, 15) is 4.79 Å². The van der Waals surface area contributed by atoms with Gasteiger partial charge in [-0.3, -0.25) is 4.68 Å². The van der Waals surface area contributed by atoms with Crippen molar-refractivity contribution in [1.29, 1.82) is 0 Å². The monoisotopic (exact) mass is 286 g/mol. The van der Waals surface area contributed by atoms with Gasteiger partial charge in [-0.1, -0.05) is 6.58 Å². The average molecular weight is 287 g/mol. The molecule has 0 aromatic carbocycles. The molecule has 0 unspecified atom stereocenters. The minimum absolute atomic E-state index is 0.358. The van der Waals surface area contributed by atoms with Gasteiger partial charge in [-0.15, -0.1) is 0 Å². The van der Waals surface area contributed by atoms with E-state index in [2.05, 4.69) is 27.6 Å². The van der Waals surface area contributed by atoms with Crippen molar-refractivity contribution in [2.45, 2.75) is 27.3 Å². The molecule has 0 aliphatic rings. The molecule has 88 valence electrons. The highest BCUT2D eigenvalue weighted by atomic mass is 79.9. The number of aromatic nitrogens is 2. The van der Waals surface area contributed by atoms with E-state index >= 15 is 0 Å². The van der Waals surface area contributed by atoms with Gasteiger partial charge in [0, 0.05) is 0 Å². The zero-order valence-corrected chi connectivity index (χ0v) is 11.3. The van der Waals surface area contributed by atoms with Gasteiger partial charge in [-0.2, -0.15) is 5.10 Å². The third kappa shape index (κ3) is 2.72. The van der Waals surface area contributed by atoms with E-state index in [1.807, 2.05) is 13.8 Å². The fourth-order valence-corrected chi connectivity index (χ4v) is 1.59. The number of carbonyl (C=O) groups is 1. The molecule has 0 aliphatic carbocycles. The predicted octanol–water partition coefficient (Wildman–Crippen LogP) is 2.38. The van der Waals surface area contributed by atoms with Crippen molar-refractivity contribution in [1.82, 2.24) is 9.78 Å². The zero-order valence-electron chi connectivity index (χ0n) is 9.71. The quantitative estimate of drug-likeness (QED) is 0.631. The summed E-state index contributed by atoms with van der Waals surface area (Å²) >= 11 is 3.43. The second-order valence-corrected chi connectivity index (χ2v) is 4.26. The summed E-state index contributed by atoms with van der Waals surface area (Å²) in [7, 11) is 0. The van der Waals surface area contributed by atoms with Crippen LogP contribution in [0.3, 0.4) is 0 Å². The highest BCUT2D eigenvalue weighted by molar-refractivity contribution is 9.10. The molecule has 0 spiro atoms. The molecule has 0 amide bonds. The summed E-state index contributed by atoms with van der Waals surface area (Å²) in [6.07, 6.45) is 0. The van der Waals surface area contributed by atoms with Crippen LogP contribution in [0.25, 0.3) is 0 Å². The van der Waals surface area contributed by atoms with E-state index in [1.165, 1.54) is 0 Å². The first-order chi connectivity index (χ1) is 7.47. The Kier molecular flexibility index (Phi) is 4.29. The first-order valence-corrected chi connectivity index (χ1v) is 5.81. The average Bonchev–Trinajstić information content (AvgIpc) is 2.47. The molecule has 0 aliphatic heterocycles. The first kappa shape index (κ1) is 13.0. The summed E-state index contributed by atoms with van der Waals surface area (Å²) < 4.78 is 7.56. The minimum Gasteiger partial charge on any atom is -0.463 e. The minimum atomic E-state index is -0.369. The van der Waals surface area contributed by atoms with Crippen LogP contribution in [0, 0.1) is 13.8 Å². The van der Waals surface area contributed by atoms with Gasteiger partial charge >= 0.3 is 5.97 Å². The summed E-state index contributed by atoms with van der Waals surface area (Å²) in [5.41, 5.74) is 2.28. The highest BCUT2D eigenvalue weighted by Gasteiger charge is 2.13. The molecular formula is C11H15BrN2O2. The number of hydrogen-bond acceptors (Lipinski definition) is 3. The van der Waals surface area contributed by atoms with Crippen LogP contribution in [-0.2, 0) is 16.1 Å². The largest absolute Gasteiger partial charge is 0.463 e. The molecule has 0 fully saturated rings. The number of halogens is 1. The zero-order chi connectivity index (χ0) is 12.3. The van der Waals surface area contributed by atoms with Crippen molar-refractivity contribution in [2.75, 3.05) is 6.61 Å². The molecule has 0 saturated heterocycles. The predicted molar refractivity (Wildman–Crippen MR) is 65.2 cm³/mol. The van der Waals surface area contributed by atoms with Gasteiger partial charge in [0.1, 0.15) is 0 Å². The van der Waals surface area contributed by atoms with Gasteiger partial charge in [0.15, 0.2) is 0 Å². The maximum absolute atomic E-state index is 11.4. The maximum atomic E-state index is 11.4. The Hall–Kier alpha value is -1.10. The van der Waals surface area contributed by atoms with E-state index in [-0.39, 0.29) is 5.97 Å². The van der Waals surface area contributed by atoms with Crippen molar-refractivity contribution >= 4 is 21.9 Å². The Balaban J connectivity index is 2.77. The number of esters is 1. The third-order valence-electron chi connectivity index (χ3n) is 2.20. The summed E-state index contributed by atoms with van der Waals surface area (Å²) in [6.45, 7) is 10.0. The van der Waals surface area contributed by atoms with Gasteiger partial charge < -0.3 is 4.74 Å². The first-order valence-electron chi connectivity index (χ1n) is 5.01. The molecule has 1 aromatic heterocycles. The van der Waals surface area contributed by atoms with Crippen LogP contribution >= 0.6 is 15.9 Å². The number of rotatable bonds is 4. The highest BCUT2D eigenvalue weighted by Crippen LogP contribution is 2.20. The van der Waals surface area contributed by atoms with Gasteiger partial charge in [-0.25, -0.2) is 4.79 Å². The number of hydrogen-bond donors (Lipinski definition) is 0. The van der Waals surface area contributed by atoms with Crippen LogP contribution in [-0.4, -0.2) is 22.4 Å². The molecule has 16 heavy (non-hydrogen) atoms. The lowest BCUT2D eigenvalue weighted by Crippen LogP contribution is -2.14. The lowest BCUT2D eigenvalue weighted by atomic mass is 10.3. The van der Waals surface area contributed by atoms with E-state index in [1.54, 1.807) is 11.6 Å². The number of aryl methyl sites for hydroxylation is 1. The number of nitrogens with zero attached hydrogens (tertiary/aromatic N) is 2. The Morgan fingerprint density at radius 2 is 2.19 bits per heavy atom.